The number of nitrogens with two attached hydrogens (primary N) is 1. The van der Waals surface area contributed by atoms with Crippen molar-refractivity contribution in [2.24, 2.45) is 0 Å². The fourth-order valence-electron chi connectivity index (χ4n) is 1.95. The summed E-state index contributed by atoms with van der Waals surface area (Å²) < 4.78 is 29.7. The summed E-state index contributed by atoms with van der Waals surface area (Å²) in [5.74, 6) is 0. The molecule has 110 valence electrons. The van der Waals surface area contributed by atoms with Crippen molar-refractivity contribution < 1.29 is 17.2 Å². The third kappa shape index (κ3) is 6.04. The monoisotopic (exact) mass is 289 g/mol. The maximum absolute atomic E-state index is 9.33. The third-order valence-electron chi connectivity index (χ3n) is 2.86. The summed E-state index contributed by atoms with van der Waals surface area (Å²) in [6, 6.07) is 4.20. The van der Waals surface area contributed by atoms with Gasteiger partial charge in [0.25, 0.3) is 0 Å². The number of anilines is 1. The molecular formula is C13H23NO4S. The molecule has 0 aliphatic carbocycles. The Kier molecular flexibility index (Phi) is 7.66. The van der Waals surface area contributed by atoms with E-state index in [1.165, 1.54) is 16.7 Å². The molecule has 0 radical (unpaired) electrons. The van der Waals surface area contributed by atoms with Gasteiger partial charge in [-0.2, -0.15) is 8.42 Å². The Morgan fingerprint density at radius 1 is 1.11 bits per heavy atom. The van der Waals surface area contributed by atoms with Crippen molar-refractivity contribution in [1.82, 2.24) is 0 Å². The van der Waals surface area contributed by atoms with E-state index >= 15 is 0 Å². The van der Waals surface area contributed by atoms with E-state index in [0.717, 1.165) is 32.1 Å². The van der Waals surface area contributed by atoms with Crippen molar-refractivity contribution in [3.8, 4) is 0 Å². The van der Waals surface area contributed by atoms with Crippen LogP contribution in [-0.4, -0.2) is 20.1 Å². The molecule has 0 fully saturated rings. The van der Waals surface area contributed by atoms with Crippen molar-refractivity contribution >= 4 is 16.1 Å². The normalized spacial score (nSPS) is 10.8. The number of benzene rings is 1. The van der Waals surface area contributed by atoms with Crippen LogP contribution in [0.15, 0.2) is 12.1 Å². The molecule has 1 aromatic rings. The van der Waals surface area contributed by atoms with Gasteiger partial charge in [-0.25, -0.2) is 0 Å². The van der Waals surface area contributed by atoms with E-state index < -0.39 is 10.4 Å². The summed E-state index contributed by atoms with van der Waals surface area (Å²) in [5, 5.41) is 0. The van der Waals surface area contributed by atoms with Crippen molar-refractivity contribution in [3.05, 3.63) is 28.8 Å². The van der Waals surface area contributed by atoms with Crippen LogP contribution in [0.5, 0.6) is 0 Å². The maximum atomic E-state index is 9.33. The van der Waals surface area contributed by atoms with Crippen LogP contribution < -0.4 is 5.73 Å². The Labute approximate surface area is 115 Å². The number of aryl methyl sites for hydroxylation is 1. The zero-order valence-electron chi connectivity index (χ0n) is 11.9. The van der Waals surface area contributed by atoms with E-state index in [4.69, 9.17) is 10.3 Å². The number of hydrogen-bond acceptors (Lipinski definition) is 4. The Balaban J connectivity index is 0.000000459. The van der Waals surface area contributed by atoms with E-state index in [1.54, 1.807) is 0 Å². The SMILES string of the molecule is CCc1ccc(N)c(CC)c1CC.COS(=O)(=O)O. The largest absolute Gasteiger partial charge is 0.398 e. The lowest BCUT2D eigenvalue weighted by molar-refractivity contribution is 0.324. The highest BCUT2D eigenvalue weighted by Crippen LogP contribution is 2.22. The first kappa shape index (κ1) is 17.9. The molecule has 5 nitrogen and oxygen atoms in total. The van der Waals surface area contributed by atoms with Crippen molar-refractivity contribution in [1.29, 1.82) is 0 Å². The molecule has 0 bridgehead atoms. The topological polar surface area (TPSA) is 89.6 Å². The fourth-order valence-corrected chi connectivity index (χ4v) is 1.95. The zero-order valence-corrected chi connectivity index (χ0v) is 12.8. The van der Waals surface area contributed by atoms with Crippen LogP contribution in [0.4, 0.5) is 5.69 Å². The average molecular weight is 289 g/mol. The van der Waals surface area contributed by atoms with Crippen molar-refractivity contribution in [2.75, 3.05) is 12.8 Å². The Bertz CT molecular complexity index is 498. The highest BCUT2D eigenvalue weighted by molar-refractivity contribution is 7.80. The number of hydrogen-bond donors (Lipinski definition) is 2. The van der Waals surface area contributed by atoms with Gasteiger partial charge in [0.1, 0.15) is 0 Å². The fraction of sp³-hybridized carbons (Fsp3) is 0.538. The lowest BCUT2D eigenvalue weighted by Gasteiger charge is -2.13. The van der Waals surface area contributed by atoms with Crippen LogP contribution >= 0.6 is 0 Å². The van der Waals surface area contributed by atoms with Gasteiger partial charge in [-0.15, -0.1) is 0 Å². The predicted octanol–water partition coefficient (Wildman–Crippen LogP) is 2.39. The average Bonchev–Trinajstić information content (AvgIpc) is 2.38. The van der Waals surface area contributed by atoms with Crippen LogP contribution in [-0.2, 0) is 33.8 Å². The second-order valence-corrected chi connectivity index (χ2v) is 5.11. The molecule has 0 aromatic heterocycles. The summed E-state index contributed by atoms with van der Waals surface area (Å²) in [6.07, 6.45) is 3.25. The summed E-state index contributed by atoms with van der Waals surface area (Å²) in [5.41, 5.74) is 11.2. The van der Waals surface area contributed by atoms with E-state index in [9.17, 15) is 8.42 Å². The predicted molar refractivity (Wildman–Crippen MR) is 77.5 cm³/mol. The summed E-state index contributed by atoms with van der Waals surface area (Å²) >= 11 is 0. The highest BCUT2D eigenvalue weighted by Gasteiger charge is 2.06. The van der Waals surface area contributed by atoms with E-state index in [0.29, 0.717) is 0 Å². The molecular weight excluding hydrogens is 266 g/mol. The van der Waals surface area contributed by atoms with Crippen molar-refractivity contribution in [2.45, 2.75) is 40.0 Å². The minimum absolute atomic E-state index is 0.870. The maximum Gasteiger partial charge on any atom is 0.397 e. The van der Waals surface area contributed by atoms with Gasteiger partial charge in [-0.05, 0) is 42.0 Å². The lowest BCUT2D eigenvalue weighted by Crippen LogP contribution is -2.02. The first-order valence-corrected chi connectivity index (χ1v) is 7.59. The molecule has 3 N–H and O–H groups in total. The molecule has 19 heavy (non-hydrogen) atoms. The zero-order chi connectivity index (χ0) is 15.1. The van der Waals surface area contributed by atoms with Crippen LogP contribution in [0.2, 0.25) is 0 Å². The quantitative estimate of drug-likeness (QED) is 0.656. The van der Waals surface area contributed by atoms with Gasteiger partial charge in [0, 0.05) is 5.69 Å². The van der Waals surface area contributed by atoms with Crippen LogP contribution in [0, 0.1) is 0 Å². The summed E-state index contributed by atoms with van der Waals surface area (Å²) in [7, 11) is -3.29. The third-order valence-corrected chi connectivity index (χ3v) is 3.28. The van der Waals surface area contributed by atoms with Crippen LogP contribution in [0.1, 0.15) is 37.5 Å². The Morgan fingerprint density at radius 2 is 1.58 bits per heavy atom. The molecule has 0 spiro atoms. The molecule has 0 aliphatic heterocycles. The molecule has 6 heteroatoms. The molecule has 0 saturated heterocycles. The molecule has 1 aromatic carbocycles. The standard InChI is InChI=1S/C12H19N.CH4O4S/c1-4-9-7-8-12(13)11(6-3)10(9)5-2;1-5-6(2,3)4/h7-8H,4-6,13H2,1-3H3;1H3,(H,2,3,4). The van der Waals surface area contributed by atoms with E-state index in [1.807, 2.05) is 6.07 Å². The van der Waals surface area contributed by atoms with Crippen molar-refractivity contribution in [3.63, 3.8) is 0 Å². The highest BCUT2D eigenvalue weighted by atomic mass is 32.3. The Hall–Kier alpha value is -1.11. The first-order chi connectivity index (χ1) is 8.80. The minimum atomic E-state index is -4.16. The summed E-state index contributed by atoms with van der Waals surface area (Å²) in [6.45, 7) is 6.57. The molecule has 0 saturated carbocycles. The second kappa shape index (κ2) is 8.14. The van der Waals surface area contributed by atoms with Gasteiger partial charge < -0.3 is 5.73 Å². The molecule has 0 amide bonds. The summed E-state index contributed by atoms with van der Waals surface area (Å²) in [4.78, 5) is 0. The number of nitrogen functional groups attached to an aromatic ring is 1. The van der Waals surface area contributed by atoms with Gasteiger partial charge in [-0.1, -0.05) is 26.8 Å². The molecule has 0 aliphatic rings. The Morgan fingerprint density at radius 3 is 1.89 bits per heavy atom. The van der Waals surface area contributed by atoms with Gasteiger partial charge in [0.05, 0.1) is 7.11 Å². The molecule has 0 atom stereocenters. The molecule has 0 unspecified atom stereocenters. The lowest BCUT2D eigenvalue weighted by atomic mass is 9.94. The molecule has 1 rings (SSSR count). The second-order valence-electron chi connectivity index (χ2n) is 3.93. The smallest absolute Gasteiger partial charge is 0.397 e. The van der Waals surface area contributed by atoms with E-state index in [-0.39, 0.29) is 0 Å². The van der Waals surface area contributed by atoms with Gasteiger partial charge in [0.2, 0.25) is 0 Å². The van der Waals surface area contributed by atoms with Gasteiger partial charge in [0.15, 0.2) is 0 Å². The minimum Gasteiger partial charge on any atom is -0.398 e. The van der Waals surface area contributed by atoms with E-state index in [2.05, 4.69) is 31.0 Å². The van der Waals surface area contributed by atoms with Gasteiger partial charge in [-0.3, -0.25) is 8.74 Å². The number of rotatable bonds is 4. The van der Waals surface area contributed by atoms with Crippen LogP contribution in [0.25, 0.3) is 0 Å². The molecule has 0 heterocycles. The van der Waals surface area contributed by atoms with Crippen LogP contribution in [0.3, 0.4) is 0 Å². The first-order valence-electron chi connectivity index (χ1n) is 6.22. The van der Waals surface area contributed by atoms with Gasteiger partial charge >= 0.3 is 10.4 Å².